The van der Waals surface area contributed by atoms with Crippen LogP contribution in [0.4, 0.5) is 0 Å². The zero-order valence-corrected chi connectivity index (χ0v) is 7.80. The van der Waals surface area contributed by atoms with Gasteiger partial charge < -0.3 is 4.55 Å². The highest BCUT2D eigenvalue weighted by Gasteiger charge is 1.78. The molecule has 0 atom stereocenters. The Kier molecular flexibility index (Phi) is 6.91. The number of halogens is 1. The summed E-state index contributed by atoms with van der Waals surface area (Å²) in [5.41, 5.74) is 0. The van der Waals surface area contributed by atoms with Gasteiger partial charge in [-0.05, 0) is 0 Å². The number of nitrogens with one attached hydrogen (secondary N) is 1. The quantitative estimate of drug-likeness (QED) is 0.339. The van der Waals surface area contributed by atoms with Crippen molar-refractivity contribution < 1.29 is 22.1 Å². The molecular weight excluding hydrogens is 208 g/mol. The molecule has 0 aliphatic carbocycles. The summed E-state index contributed by atoms with van der Waals surface area (Å²) in [5, 5.41) is 0. The van der Waals surface area contributed by atoms with E-state index in [0.717, 1.165) is 0 Å². The third-order valence-electron chi connectivity index (χ3n) is 0.684. The predicted octanol–water partition coefficient (Wildman–Crippen LogP) is -0.734. The van der Waals surface area contributed by atoms with Crippen molar-refractivity contribution in [2.75, 3.05) is 0 Å². The first-order valence-electron chi connectivity index (χ1n) is 2.56. The van der Waals surface area contributed by atoms with Crippen LogP contribution in [0.2, 0.25) is 0 Å². The van der Waals surface area contributed by atoms with E-state index in [9.17, 15) is 0 Å². The largest absolute Gasteiger partial charge is 0.726 e. The molecule has 0 aliphatic rings. The summed E-state index contributed by atoms with van der Waals surface area (Å²) < 4.78 is 34.8. The number of aromatic amines is 1. The fourth-order valence-corrected chi connectivity index (χ4v) is 0.364. The standard InChI is InChI=1S/C4H6N2.ClH.H2O4S/c1-6-3-2-5-4-6;;1-5(2,3)4/h2-4H,1H3;1H;(H2,1,2,3,4). The Balaban J connectivity index is 0. The lowest BCUT2D eigenvalue weighted by Gasteiger charge is -1.88. The monoisotopic (exact) mass is 216 g/mol. The highest BCUT2D eigenvalue weighted by molar-refractivity contribution is 7.79. The molecule has 8 heteroatoms. The maximum atomic E-state index is 8.63. The number of rotatable bonds is 0. The summed E-state index contributed by atoms with van der Waals surface area (Å²) in [5.74, 6) is 0. The molecule has 6 nitrogen and oxygen atoms in total. The number of H-pyrrole nitrogens is 1. The van der Waals surface area contributed by atoms with Crippen molar-refractivity contribution in [1.29, 1.82) is 0 Å². The molecule has 0 fully saturated rings. The topological polar surface area (TPSA) is 97.1 Å². The molecule has 1 aromatic rings. The van der Waals surface area contributed by atoms with Gasteiger partial charge in [0.2, 0.25) is 16.7 Å². The first kappa shape index (κ1) is 13.9. The van der Waals surface area contributed by atoms with E-state index in [1.54, 1.807) is 0 Å². The van der Waals surface area contributed by atoms with Gasteiger partial charge in [-0.15, -0.1) is 12.4 Å². The maximum absolute atomic E-state index is 8.63. The van der Waals surface area contributed by atoms with E-state index in [-0.39, 0.29) is 12.4 Å². The number of hydrogen-bond acceptors (Lipinski definition) is 3. The Labute approximate surface area is 76.2 Å². The van der Waals surface area contributed by atoms with Gasteiger partial charge in [0, 0.05) is 0 Å². The van der Waals surface area contributed by atoms with Gasteiger partial charge in [-0.3, -0.25) is 9.54 Å². The second-order valence-electron chi connectivity index (χ2n) is 1.70. The van der Waals surface area contributed by atoms with Crippen LogP contribution in [-0.4, -0.2) is 22.5 Å². The van der Waals surface area contributed by atoms with Gasteiger partial charge >= 0.3 is 0 Å². The minimum absolute atomic E-state index is 0. The fourth-order valence-electron chi connectivity index (χ4n) is 0.364. The minimum atomic E-state index is -4.92. The van der Waals surface area contributed by atoms with Crippen molar-refractivity contribution in [2.24, 2.45) is 7.05 Å². The fraction of sp³-hybridized carbons (Fsp3) is 0.250. The molecular formula is C4H9ClN2O4S. The molecule has 1 heterocycles. The summed E-state index contributed by atoms with van der Waals surface area (Å²) in [6.45, 7) is 0. The average molecular weight is 217 g/mol. The van der Waals surface area contributed by atoms with E-state index < -0.39 is 10.4 Å². The molecule has 0 saturated heterocycles. The van der Waals surface area contributed by atoms with Gasteiger partial charge in [0.25, 0.3) is 0 Å². The summed E-state index contributed by atoms with van der Waals surface area (Å²) in [7, 11) is -2.95. The first-order valence-corrected chi connectivity index (χ1v) is 3.92. The molecule has 0 aliphatic heterocycles. The summed E-state index contributed by atoms with van der Waals surface area (Å²) >= 11 is 0. The van der Waals surface area contributed by atoms with E-state index in [1.807, 2.05) is 30.3 Å². The molecule has 0 spiro atoms. The Morgan fingerprint density at radius 2 is 2.00 bits per heavy atom. The van der Waals surface area contributed by atoms with Crippen molar-refractivity contribution >= 4 is 22.8 Å². The van der Waals surface area contributed by atoms with Gasteiger partial charge in [0.1, 0.15) is 12.4 Å². The van der Waals surface area contributed by atoms with Crippen LogP contribution in [0, 0.1) is 0 Å². The molecule has 0 aromatic carbocycles. The molecule has 2 N–H and O–H groups in total. The van der Waals surface area contributed by atoms with Crippen molar-refractivity contribution in [3.8, 4) is 0 Å². The summed E-state index contributed by atoms with van der Waals surface area (Å²) in [6.07, 6.45) is 5.69. The maximum Gasteiger partial charge on any atom is 0.241 e. The van der Waals surface area contributed by atoms with Gasteiger partial charge in [-0.1, -0.05) is 0 Å². The van der Waals surface area contributed by atoms with Crippen molar-refractivity contribution in [1.82, 2.24) is 4.98 Å². The highest BCUT2D eigenvalue weighted by atomic mass is 35.5. The van der Waals surface area contributed by atoms with Crippen LogP contribution in [0.3, 0.4) is 0 Å². The van der Waals surface area contributed by atoms with E-state index in [2.05, 4.69) is 4.98 Å². The molecule has 12 heavy (non-hydrogen) atoms. The second-order valence-corrected chi connectivity index (χ2v) is 2.56. The number of nitrogens with zero attached hydrogens (tertiary/aromatic N) is 1. The molecule has 72 valence electrons. The second kappa shape index (κ2) is 5.95. The number of aryl methyl sites for hydroxylation is 1. The van der Waals surface area contributed by atoms with Gasteiger partial charge in [-0.25, -0.2) is 13.0 Å². The molecule has 1 aromatic heterocycles. The van der Waals surface area contributed by atoms with Crippen LogP contribution in [0.1, 0.15) is 0 Å². The van der Waals surface area contributed by atoms with Crippen molar-refractivity contribution in [3.05, 3.63) is 18.7 Å². The smallest absolute Gasteiger partial charge is 0.241 e. The normalized spacial score (nSPS) is 9.25. The molecule has 1 rings (SSSR count). The zero-order valence-electron chi connectivity index (χ0n) is 6.17. The number of imidazole rings is 1. The van der Waals surface area contributed by atoms with Crippen molar-refractivity contribution in [3.63, 3.8) is 0 Å². The van der Waals surface area contributed by atoms with E-state index in [1.165, 1.54) is 0 Å². The number of aromatic nitrogens is 2. The summed E-state index contributed by atoms with van der Waals surface area (Å²) in [4.78, 5) is 2.89. The van der Waals surface area contributed by atoms with Crippen LogP contribution >= 0.6 is 12.4 Å². The lowest BCUT2D eigenvalue weighted by Crippen LogP contribution is -2.22. The van der Waals surface area contributed by atoms with Crippen LogP contribution in [0.25, 0.3) is 0 Å². The SMILES string of the molecule is C[n+]1cc[nH]c1.Cl.O=S(=O)([O-])O. The van der Waals surface area contributed by atoms with E-state index >= 15 is 0 Å². The summed E-state index contributed by atoms with van der Waals surface area (Å²) in [6, 6.07) is 0. The Hall–Kier alpha value is -0.630. The lowest BCUT2D eigenvalue weighted by atomic mass is 10.9. The number of hydrogen-bond donors (Lipinski definition) is 2. The van der Waals surface area contributed by atoms with Crippen LogP contribution in [0.15, 0.2) is 18.7 Å². The molecule has 0 saturated carbocycles. The molecule has 0 radical (unpaired) electrons. The first-order chi connectivity index (χ1) is 4.89. The molecule has 0 unspecified atom stereocenters. The Bertz CT molecular complexity index is 274. The van der Waals surface area contributed by atoms with Crippen molar-refractivity contribution in [2.45, 2.75) is 0 Å². The Morgan fingerprint density at radius 3 is 2.08 bits per heavy atom. The molecule has 0 bridgehead atoms. The average Bonchev–Trinajstić information content (AvgIpc) is 2.12. The zero-order chi connectivity index (χ0) is 8.91. The highest BCUT2D eigenvalue weighted by Crippen LogP contribution is 1.59. The lowest BCUT2D eigenvalue weighted by molar-refractivity contribution is -0.670. The van der Waals surface area contributed by atoms with Gasteiger partial charge in [-0.2, -0.15) is 0 Å². The van der Waals surface area contributed by atoms with Crippen LogP contribution in [0.5, 0.6) is 0 Å². The predicted molar refractivity (Wildman–Crippen MR) is 41.5 cm³/mol. The van der Waals surface area contributed by atoms with Gasteiger partial charge in [0.15, 0.2) is 0 Å². The third kappa shape index (κ3) is 16.2. The van der Waals surface area contributed by atoms with Gasteiger partial charge in [0.05, 0.1) is 7.05 Å². The Morgan fingerprint density at radius 1 is 1.58 bits per heavy atom. The van der Waals surface area contributed by atoms with E-state index in [0.29, 0.717) is 0 Å². The van der Waals surface area contributed by atoms with E-state index in [4.69, 9.17) is 17.5 Å². The molecule has 0 amide bonds. The minimum Gasteiger partial charge on any atom is -0.726 e. The third-order valence-corrected chi connectivity index (χ3v) is 0.684. The van der Waals surface area contributed by atoms with Crippen LogP contribution < -0.4 is 4.57 Å². The van der Waals surface area contributed by atoms with Crippen LogP contribution in [-0.2, 0) is 17.4 Å².